The van der Waals surface area contributed by atoms with Crippen LogP contribution in [0.2, 0.25) is 0 Å². The molecule has 0 amide bonds. The van der Waals surface area contributed by atoms with Gasteiger partial charge in [-0.15, -0.1) is 0 Å². The number of pyridine rings is 1. The van der Waals surface area contributed by atoms with E-state index in [1.165, 1.54) is 0 Å². The van der Waals surface area contributed by atoms with Gasteiger partial charge in [-0.3, -0.25) is 4.98 Å². The molecule has 0 fully saturated rings. The van der Waals surface area contributed by atoms with E-state index in [-0.39, 0.29) is 5.75 Å². The first-order valence-corrected chi connectivity index (χ1v) is 6.98. The average molecular weight is 372 g/mol. The number of aromatic hydroxyl groups is 1. The highest BCUT2D eigenvalue weighted by Gasteiger charge is 2.05. The zero-order chi connectivity index (χ0) is 13.1. The summed E-state index contributed by atoms with van der Waals surface area (Å²) in [4.78, 5) is 4.22. The molecule has 5 heteroatoms. The Kier molecular flexibility index (Phi) is 4.24. The van der Waals surface area contributed by atoms with Crippen molar-refractivity contribution < 1.29 is 5.11 Å². The highest BCUT2D eigenvalue weighted by atomic mass is 79.9. The van der Waals surface area contributed by atoms with Crippen molar-refractivity contribution in [2.24, 2.45) is 0 Å². The Hall–Kier alpha value is -1.07. The van der Waals surface area contributed by atoms with Gasteiger partial charge in [0.15, 0.2) is 0 Å². The van der Waals surface area contributed by atoms with Crippen LogP contribution < -0.4 is 5.32 Å². The second-order valence-electron chi connectivity index (χ2n) is 3.95. The number of nitrogens with zero attached hydrogens (tertiary/aromatic N) is 1. The van der Waals surface area contributed by atoms with Crippen molar-refractivity contribution in [3.8, 4) is 5.75 Å². The molecule has 2 rings (SSSR count). The number of rotatable bonds is 3. The summed E-state index contributed by atoms with van der Waals surface area (Å²) in [6.45, 7) is 2.63. The van der Waals surface area contributed by atoms with Crippen LogP contribution in [-0.2, 0) is 6.54 Å². The van der Waals surface area contributed by atoms with Crippen molar-refractivity contribution >= 4 is 37.5 Å². The van der Waals surface area contributed by atoms with Crippen molar-refractivity contribution in [1.29, 1.82) is 0 Å². The Labute approximate surface area is 123 Å². The van der Waals surface area contributed by atoms with Crippen molar-refractivity contribution in [1.82, 2.24) is 4.98 Å². The van der Waals surface area contributed by atoms with Crippen molar-refractivity contribution in [3.05, 3.63) is 50.7 Å². The van der Waals surface area contributed by atoms with Gasteiger partial charge in [0.1, 0.15) is 5.75 Å². The van der Waals surface area contributed by atoms with Gasteiger partial charge in [-0.25, -0.2) is 0 Å². The molecule has 1 heterocycles. The Morgan fingerprint density at radius 1 is 1.22 bits per heavy atom. The van der Waals surface area contributed by atoms with Gasteiger partial charge in [-0.1, -0.05) is 0 Å². The molecule has 2 aromatic rings. The zero-order valence-electron chi connectivity index (χ0n) is 9.74. The Morgan fingerprint density at radius 3 is 2.44 bits per heavy atom. The molecule has 2 N–H and O–H groups in total. The summed E-state index contributed by atoms with van der Waals surface area (Å²) >= 11 is 6.63. The van der Waals surface area contributed by atoms with Crippen LogP contribution in [0.15, 0.2) is 39.4 Å². The number of benzene rings is 1. The van der Waals surface area contributed by atoms with E-state index in [0.717, 1.165) is 16.9 Å². The molecule has 0 aliphatic rings. The molecule has 0 spiro atoms. The van der Waals surface area contributed by atoms with Crippen LogP contribution in [0.1, 0.15) is 11.3 Å². The largest absolute Gasteiger partial charge is 0.506 e. The smallest absolute Gasteiger partial charge is 0.143 e. The van der Waals surface area contributed by atoms with E-state index in [4.69, 9.17) is 0 Å². The minimum Gasteiger partial charge on any atom is -0.506 e. The van der Waals surface area contributed by atoms with Gasteiger partial charge in [-0.05, 0) is 68.6 Å². The molecule has 1 aromatic heterocycles. The predicted molar refractivity (Wildman–Crippen MR) is 79.8 cm³/mol. The van der Waals surface area contributed by atoms with Crippen LogP contribution in [0.5, 0.6) is 5.75 Å². The van der Waals surface area contributed by atoms with Gasteiger partial charge in [0.05, 0.1) is 20.8 Å². The third kappa shape index (κ3) is 3.23. The first-order chi connectivity index (χ1) is 8.56. The van der Waals surface area contributed by atoms with Gasteiger partial charge in [0.25, 0.3) is 0 Å². The van der Waals surface area contributed by atoms with E-state index in [1.807, 2.05) is 31.2 Å². The summed E-state index contributed by atoms with van der Waals surface area (Å²) in [5.74, 6) is 0.218. The number of aromatic nitrogens is 1. The molecule has 0 aliphatic carbocycles. The maximum atomic E-state index is 9.62. The lowest BCUT2D eigenvalue weighted by Gasteiger charge is -2.08. The van der Waals surface area contributed by atoms with Gasteiger partial charge in [0.2, 0.25) is 0 Å². The van der Waals surface area contributed by atoms with Crippen LogP contribution >= 0.6 is 31.9 Å². The average Bonchev–Trinajstić information content (AvgIpc) is 2.35. The monoisotopic (exact) mass is 370 g/mol. The van der Waals surface area contributed by atoms with Gasteiger partial charge < -0.3 is 10.4 Å². The number of aryl methyl sites for hydroxylation is 1. The molecule has 0 radical (unpaired) electrons. The van der Waals surface area contributed by atoms with E-state index in [1.54, 1.807) is 6.20 Å². The lowest BCUT2D eigenvalue weighted by Crippen LogP contribution is -2.00. The van der Waals surface area contributed by atoms with Gasteiger partial charge in [-0.2, -0.15) is 0 Å². The minimum atomic E-state index is 0.218. The molecule has 18 heavy (non-hydrogen) atoms. The summed E-state index contributed by atoms with van der Waals surface area (Å²) in [6, 6.07) is 7.72. The normalized spacial score (nSPS) is 10.4. The molecule has 1 aromatic carbocycles. The maximum Gasteiger partial charge on any atom is 0.143 e. The zero-order valence-corrected chi connectivity index (χ0v) is 12.9. The molecular formula is C13H12Br2N2O. The van der Waals surface area contributed by atoms with Crippen molar-refractivity contribution in [3.63, 3.8) is 0 Å². The third-order valence-electron chi connectivity index (χ3n) is 2.48. The lowest BCUT2D eigenvalue weighted by molar-refractivity contribution is 0.468. The Morgan fingerprint density at radius 2 is 1.89 bits per heavy atom. The van der Waals surface area contributed by atoms with E-state index in [0.29, 0.717) is 15.5 Å². The number of phenolic OH excluding ortho intramolecular Hbond substituents is 1. The summed E-state index contributed by atoms with van der Waals surface area (Å²) in [7, 11) is 0. The van der Waals surface area contributed by atoms with Crippen molar-refractivity contribution in [2.45, 2.75) is 13.5 Å². The standard InChI is InChI=1S/C13H12Br2N2O/c1-8-2-3-10(7-16-8)17-6-9-4-11(14)13(18)12(15)5-9/h2-5,7,17-18H,6H2,1H3. The Bertz CT molecular complexity index is 532. The molecular weight excluding hydrogens is 360 g/mol. The summed E-state index contributed by atoms with van der Waals surface area (Å²) < 4.78 is 1.35. The lowest BCUT2D eigenvalue weighted by atomic mass is 10.2. The summed E-state index contributed by atoms with van der Waals surface area (Å²) in [5, 5.41) is 12.9. The highest BCUT2D eigenvalue weighted by Crippen LogP contribution is 2.33. The molecule has 0 unspecified atom stereocenters. The molecule has 0 bridgehead atoms. The van der Waals surface area contributed by atoms with E-state index < -0.39 is 0 Å². The SMILES string of the molecule is Cc1ccc(NCc2cc(Br)c(O)c(Br)c2)cn1. The Balaban J connectivity index is 2.08. The fraction of sp³-hybridized carbons (Fsp3) is 0.154. The topological polar surface area (TPSA) is 45.1 Å². The number of hydrogen-bond acceptors (Lipinski definition) is 3. The third-order valence-corrected chi connectivity index (χ3v) is 3.69. The van der Waals surface area contributed by atoms with Gasteiger partial charge in [0, 0.05) is 12.2 Å². The van der Waals surface area contributed by atoms with E-state index in [2.05, 4.69) is 42.2 Å². The summed E-state index contributed by atoms with van der Waals surface area (Å²) in [5.41, 5.74) is 3.03. The molecule has 3 nitrogen and oxygen atoms in total. The quantitative estimate of drug-likeness (QED) is 0.848. The number of halogens is 2. The first-order valence-electron chi connectivity index (χ1n) is 5.39. The van der Waals surface area contributed by atoms with Crippen LogP contribution in [0.3, 0.4) is 0 Å². The highest BCUT2D eigenvalue weighted by molar-refractivity contribution is 9.11. The maximum absolute atomic E-state index is 9.62. The second kappa shape index (κ2) is 5.71. The molecule has 0 saturated heterocycles. The molecule has 94 valence electrons. The number of phenols is 1. The van der Waals surface area contributed by atoms with E-state index >= 15 is 0 Å². The van der Waals surface area contributed by atoms with Crippen LogP contribution in [0, 0.1) is 6.92 Å². The minimum absolute atomic E-state index is 0.218. The van der Waals surface area contributed by atoms with Gasteiger partial charge >= 0.3 is 0 Å². The van der Waals surface area contributed by atoms with Crippen molar-refractivity contribution in [2.75, 3.05) is 5.32 Å². The van der Waals surface area contributed by atoms with Crippen LogP contribution in [0.25, 0.3) is 0 Å². The first kappa shape index (κ1) is 13.4. The predicted octanol–water partition coefficient (Wildman–Crippen LogP) is 4.23. The molecule has 0 aliphatic heterocycles. The molecule has 0 atom stereocenters. The number of anilines is 1. The fourth-order valence-electron chi connectivity index (χ4n) is 1.50. The molecule has 0 saturated carbocycles. The second-order valence-corrected chi connectivity index (χ2v) is 5.66. The number of hydrogen-bond donors (Lipinski definition) is 2. The fourth-order valence-corrected chi connectivity index (χ4v) is 2.78. The number of nitrogens with one attached hydrogen (secondary N) is 1. The van der Waals surface area contributed by atoms with Crippen LogP contribution in [0.4, 0.5) is 5.69 Å². The van der Waals surface area contributed by atoms with E-state index in [9.17, 15) is 5.11 Å². The van der Waals surface area contributed by atoms with Crippen LogP contribution in [-0.4, -0.2) is 10.1 Å². The summed E-state index contributed by atoms with van der Waals surface area (Å²) in [6.07, 6.45) is 1.81.